The van der Waals surface area contributed by atoms with Gasteiger partial charge in [-0.05, 0) is 60.7 Å². The van der Waals surface area contributed by atoms with Gasteiger partial charge in [0.1, 0.15) is 23.0 Å². The fourth-order valence-electron chi connectivity index (χ4n) is 2.90. The number of ether oxygens (including phenoxy) is 1. The first-order valence-electron chi connectivity index (χ1n) is 9.50. The van der Waals surface area contributed by atoms with E-state index in [2.05, 4.69) is 5.32 Å². The second-order valence-electron chi connectivity index (χ2n) is 6.73. The zero-order valence-corrected chi connectivity index (χ0v) is 17.2. The van der Waals surface area contributed by atoms with Crippen LogP contribution in [0.4, 0.5) is 5.69 Å². The molecule has 6 nitrogen and oxygen atoms in total. The van der Waals surface area contributed by atoms with Gasteiger partial charge in [0.05, 0.1) is 4.90 Å². The van der Waals surface area contributed by atoms with Crippen LogP contribution in [0.1, 0.15) is 16.3 Å². The lowest BCUT2D eigenvalue weighted by Crippen LogP contribution is -2.10. The van der Waals surface area contributed by atoms with Gasteiger partial charge in [0.25, 0.3) is 5.91 Å². The number of carbonyl (C=O) groups excluding carboxylic acids is 1. The molecule has 0 unspecified atom stereocenters. The van der Waals surface area contributed by atoms with Crippen LogP contribution in [0, 0.1) is 0 Å². The molecule has 31 heavy (non-hydrogen) atoms. The highest BCUT2D eigenvalue weighted by molar-refractivity contribution is 7.90. The van der Waals surface area contributed by atoms with Crippen molar-refractivity contribution in [3.63, 3.8) is 0 Å². The van der Waals surface area contributed by atoms with E-state index in [0.29, 0.717) is 17.2 Å². The van der Waals surface area contributed by atoms with Crippen LogP contribution < -0.4 is 10.1 Å². The Morgan fingerprint density at radius 1 is 0.774 bits per heavy atom. The van der Waals surface area contributed by atoms with Crippen LogP contribution in [0.5, 0.6) is 11.5 Å². The number of carbonyl (C=O) groups is 1. The Kier molecular flexibility index (Phi) is 5.86. The number of para-hydroxylation sites is 1. The number of hydrogen-bond acceptors (Lipinski definition) is 5. The Morgan fingerprint density at radius 3 is 2.06 bits per heavy atom. The molecule has 0 aliphatic rings. The Hall–Kier alpha value is -3.84. The summed E-state index contributed by atoms with van der Waals surface area (Å²) in [5.74, 6) is 0.780. The monoisotopic (exact) mass is 433 g/mol. The van der Waals surface area contributed by atoms with E-state index in [1.54, 1.807) is 42.5 Å². The lowest BCUT2D eigenvalue weighted by atomic mass is 10.3. The van der Waals surface area contributed by atoms with E-state index in [9.17, 15) is 13.2 Å². The number of rotatable bonds is 7. The van der Waals surface area contributed by atoms with Gasteiger partial charge in [0.15, 0.2) is 15.6 Å². The fraction of sp³-hybridized carbons (Fsp3) is 0.0417. The summed E-state index contributed by atoms with van der Waals surface area (Å²) in [4.78, 5) is 12.7. The largest absolute Gasteiger partial charge is 0.457 e. The second kappa shape index (κ2) is 8.89. The summed E-state index contributed by atoms with van der Waals surface area (Å²) in [6.45, 7) is 0. The van der Waals surface area contributed by atoms with Gasteiger partial charge in [-0.3, -0.25) is 4.79 Å². The molecule has 0 aliphatic heterocycles. The van der Waals surface area contributed by atoms with Crippen molar-refractivity contribution in [2.45, 2.75) is 10.6 Å². The number of hydrogen-bond donors (Lipinski definition) is 1. The second-order valence-corrected chi connectivity index (χ2v) is 8.72. The fourth-order valence-corrected chi connectivity index (χ4v) is 4.17. The zero-order valence-electron chi connectivity index (χ0n) is 16.4. The van der Waals surface area contributed by atoms with Gasteiger partial charge in [-0.25, -0.2) is 8.42 Å². The smallest absolute Gasteiger partial charge is 0.291 e. The van der Waals surface area contributed by atoms with Gasteiger partial charge >= 0.3 is 0 Å². The minimum Gasteiger partial charge on any atom is -0.457 e. The highest BCUT2D eigenvalue weighted by atomic mass is 32.2. The number of nitrogens with one attached hydrogen (secondary N) is 1. The van der Waals surface area contributed by atoms with Crippen LogP contribution in [0.25, 0.3) is 0 Å². The lowest BCUT2D eigenvalue weighted by molar-refractivity contribution is 0.0995. The van der Waals surface area contributed by atoms with Crippen LogP contribution >= 0.6 is 0 Å². The van der Waals surface area contributed by atoms with E-state index < -0.39 is 15.7 Å². The summed E-state index contributed by atoms with van der Waals surface area (Å²) in [6.07, 6.45) is 0. The maximum Gasteiger partial charge on any atom is 0.291 e. The predicted octanol–water partition coefficient (Wildman–Crippen LogP) is 5.30. The van der Waals surface area contributed by atoms with Crippen LogP contribution in [-0.2, 0) is 15.6 Å². The average molecular weight is 433 g/mol. The van der Waals surface area contributed by atoms with Crippen LogP contribution in [-0.4, -0.2) is 14.3 Å². The van der Waals surface area contributed by atoms with E-state index in [-0.39, 0.29) is 22.2 Å². The molecule has 1 aromatic heterocycles. The summed E-state index contributed by atoms with van der Waals surface area (Å²) >= 11 is 0. The summed E-state index contributed by atoms with van der Waals surface area (Å²) < 4.78 is 36.1. The third kappa shape index (κ3) is 5.21. The molecule has 4 aromatic rings. The first kappa shape index (κ1) is 20.4. The molecule has 0 bridgehead atoms. The third-order valence-electron chi connectivity index (χ3n) is 4.41. The van der Waals surface area contributed by atoms with Crippen molar-refractivity contribution in [1.29, 1.82) is 0 Å². The molecular formula is C24H19NO5S. The molecule has 0 saturated heterocycles. The number of sulfone groups is 1. The third-order valence-corrected chi connectivity index (χ3v) is 6.07. The van der Waals surface area contributed by atoms with Gasteiger partial charge in [0.2, 0.25) is 0 Å². The highest BCUT2D eigenvalue weighted by Crippen LogP contribution is 2.23. The zero-order chi connectivity index (χ0) is 21.7. The van der Waals surface area contributed by atoms with Gasteiger partial charge < -0.3 is 14.5 Å². The average Bonchev–Trinajstić information content (AvgIpc) is 3.24. The normalized spacial score (nSPS) is 11.1. The van der Waals surface area contributed by atoms with Crippen molar-refractivity contribution < 1.29 is 22.4 Å². The molecule has 0 radical (unpaired) electrons. The van der Waals surface area contributed by atoms with Gasteiger partial charge in [0, 0.05) is 5.69 Å². The maximum atomic E-state index is 12.5. The number of furan rings is 1. The van der Waals surface area contributed by atoms with E-state index in [4.69, 9.17) is 9.15 Å². The Bertz CT molecular complexity index is 1260. The predicted molar refractivity (Wildman–Crippen MR) is 117 cm³/mol. The Balaban J connectivity index is 1.39. The molecule has 0 aliphatic carbocycles. The molecule has 0 fully saturated rings. The van der Waals surface area contributed by atoms with Gasteiger partial charge in [-0.2, -0.15) is 0 Å². The van der Waals surface area contributed by atoms with E-state index in [1.807, 2.05) is 30.3 Å². The van der Waals surface area contributed by atoms with Crippen molar-refractivity contribution in [3.8, 4) is 11.5 Å². The first-order chi connectivity index (χ1) is 15.0. The van der Waals surface area contributed by atoms with Crippen LogP contribution in [0.2, 0.25) is 0 Å². The molecule has 7 heteroatoms. The molecule has 156 valence electrons. The molecule has 0 atom stereocenters. The number of anilines is 1. The Morgan fingerprint density at radius 2 is 1.39 bits per heavy atom. The molecule has 1 amide bonds. The summed E-state index contributed by atoms with van der Waals surface area (Å²) in [6, 6.07) is 27.3. The van der Waals surface area contributed by atoms with Crippen molar-refractivity contribution in [2.24, 2.45) is 0 Å². The number of amides is 1. The Labute approximate surface area is 180 Å². The maximum absolute atomic E-state index is 12.5. The molecule has 4 rings (SSSR count). The molecule has 3 aromatic carbocycles. The molecule has 1 N–H and O–H groups in total. The van der Waals surface area contributed by atoms with E-state index >= 15 is 0 Å². The standard InChI is InChI=1S/C24H19NO5S/c26-24(25-18-11-13-20(14-12-18)29-19-7-3-1-4-8-19)23-16-15-21(30-23)17-31(27,28)22-9-5-2-6-10-22/h1-16H,17H2,(H,25,26). The number of benzene rings is 3. The molecule has 0 spiro atoms. The van der Waals surface area contributed by atoms with Crippen molar-refractivity contribution >= 4 is 21.4 Å². The molecule has 1 heterocycles. The topological polar surface area (TPSA) is 85.6 Å². The lowest BCUT2D eigenvalue weighted by Gasteiger charge is -2.07. The SMILES string of the molecule is O=C(Nc1ccc(Oc2ccccc2)cc1)c1ccc(CS(=O)(=O)c2ccccc2)o1. The summed E-state index contributed by atoms with van der Waals surface area (Å²) in [5, 5.41) is 2.72. The first-order valence-corrected chi connectivity index (χ1v) is 11.2. The quantitative estimate of drug-likeness (QED) is 0.428. The van der Waals surface area contributed by atoms with E-state index in [0.717, 1.165) is 0 Å². The van der Waals surface area contributed by atoms with Crippen LogP contribution in [0.3, 0.4) is 0 Å². The van der Waals surface area contributed by atoms with Gasteiger partial charge in [-0.1, -0.05) is 36.4 Å². The molecular weight excluding hydrogens is 414 g/mol. The van der Waals surface area contributed by atoms with Crippen molar-refractivity contribution in [1.82, 2.24) is 0 Å². The minimum absolute atomic E-state index is 0.0304. The van der Waals surface area contributed by atoms with Crippen molar-refractivity contribution in [2.75, 3.05) is 5.32 Å². The van der Waals surface area contributed by atoms with E-state index in [1.165, 1.54) is 24.3 Å². The van der Waals surface area contributed by atoms with Gasteiger partial charge in [-0.15, -0.1) is 0 Å². The van der Waals surface area contributed by atoms with Crippen LogP contribution in [0.15, 0.2) is 106 Å². The summed E-state index contributed by atoms with van der Waals surface area (Å²) in [7, 11) is -3.55. The van der Waals surface area contributed by atoms with Crippen molar-refractivity contribution in [3.05, 3.63) is 109 Å². The minimum atomic E-state index is -3.55. The summed E-state index contributed by atoms with van der Waals surface area (Å²) in [5.41, 5.74) is 0.556. The highest BCUT2D eigenvalue weighted by Gasteiger charge is 2.19. The molecule has 0 saturated carbocycles.